The van der Waals surface area contributed by atoms with Crippen LogP contribution in [0.4, 0.5) is 0 Å². The number of sulfonamides is 2. The third-order valence-electron chi connectivity index (χ3n) is 6.40. The van der Waals surface area contributed by atoms with Crippen molar-refractivity contribution in [2.24, 2.45) is 0 Å². The van der Waals surface area contributed by atoms with Crippen LogP contribution in [0.1, 0.15) is 29.5 Å². The van der Waals surface area contributed by atoms with Crippen molar-refractivity contribution in [2.75, 3.05) is 19.6 Å². The second kappa shape index (κ2) is 12.0. The van der Waals surface area contributed by atoms with Crippen molar-refractivity contribution >= 4 is 37.6 Å². The zero-order chi connectivity index (χ0) is 27.3. The fourth-order valence-electron chi connectivity index (χ4n) is 4.18. The quantitative estimate of drug-likeness (QED) is 0.394. The third-order valence-corrected chi connectivity index (χ3v) is 10.5. The number of rotatable bonds is 10. The van der Waals surface area contributed by atoms with Gasteiger partial charge in [-0.1, -0.05) is 59.6 Å². The molecule has 0 atom stereocenters. The van der Waals surface area contributed by atoms with Crippen LogP contribution >= 0.6 is 11.6 Å². The molecule has 3 aromatic carbocycles. The standard InChI is InChI=1S/C27H30ClN3O5S2/c1-21-8-12-24(13-9-21)38(35,36)31(19-23-6-2-3-7-26(23)28)20-27(32)29-18-22-10-14-25(15-11-22)37(33,34)30-16-4-5-17-30/h2-3,6-15H,4-5,16-20H2,1H3,(H,29,32). The molecule has 0 unspecified atom stereocenters. The van der Waals surface area contributed by atoms with E-state index in [4.69, 9.17) is 11.6 Å². The predicted molar refractivity (Wildman–Crippen MR) is 147 cm³/mol. The van der Waals surface area contributed by atoms with Gasteiger partial charge in [0.1, 0.15) is 0 Å². The summed E-state index contributed by atoms with van der Waals surface area (Å²) in [5.74, 6) is -0.499. The molecule has 1 heterocycles. The first kappa shape index (κ1) is 28.3. The number of benzene rings is 3. The molecule has 0 bridgehead atoms. The summed E-state index contributed by atoms with van der Waals surface area (Å²) in [6.07, 6.45) is 1.72. The Morgan fingerprint density at radius 2 is 1.50 bits per heavy atom. The maximum atomic E-state index is 13.5. The summed E-state index contributed by atoms with van der Waals surface area (Å²) in [4.78, 5) is 13.2. The van der Waals surface area contributed by atoms with E-state index in [1.807, 2.05) is 6.92 Å². The Morgan fingerprint density at radius 3 is 2.13 bits per heavy atom. The summed E-state index contributed by atoms with van der Waals surface area (Å²) in [7, 11) is -7.52. The van der Waals surface area contributed by atoms with Gasteiger partial charge in [0, 0.05) is 31.2 Å². The van der Waals surface area contributed by atoms with Crippen LogP contribution in [0.2, 0.25) is 5.02 Å². The highest BCUT2D eigenvalue weighted by Gasteiger charge is 2.28. The van der Waals surface area contributed by atoms with Gasteiger partial charge in [-0.25, -0.2) is 16.8 Å². The zero-order valence-corrected chi connectivity index (χ0v) is 23.4. The van der Waals surface area contributed by atoms with Crippen molar-refractivity contribution in [2.45, 2.75) is 42.6 Å². The van der Waals surface area contributed by atoms with E-state index in [0.29, 0.717) is 29.2 Å². The van der Waals surface area contributed by atoms with E-state index >= 15 is 0 Å². The number of carbonyl (C=O) groups excluding carboxylic acids is 1. The van der Waals surface area contributed by atoms with Gasteiger partial charge >= 0.3 is 0 Å². The first-order chi connectivity index (χ1) is 18.1. The van der Waals surface area contributed by atoms with Gasteiger partial charge in [-0.2, -0.15) is 8.61 Å². The van der Waals surface area contributed by atoms with E-state index in [2.05, 4.69) is 5.32 Å². The monoisotopic (exact) mass is 575 g/mol. The first-order valence-corrected chi connectivity index (χ1v) is 15.5. The molecule has 1 saturated heterocycles. The van der Waals surface area contributed by atoms with E-state index in [0.717, 1.165) is 22.7 Å². The van der Waals surface area contributed by atoms with E-state index in [9.17, 15) is 21.6 Å². The summed E-state index contributed by atoms with van der Waals surface area (Å²) in [5, 5.41) is 3.14. The average molecular weight is 576 g/mol. The minimum absolute atomic E-state index is 0.0770. The van der Waals surface area contributed by atoms with Crippen LogP contribution in [-0.2, 0) is 37.9 Å². The number of aryl methyl sites for hydroxylation is 1. The van der Waals surface area contributed by atoms with Crippen molar-refractivity contribution in [1.29, 1.82) is 0 Å². The van der Waals surface area contributed by atoms with Gasteiger partial charge in [0.2, 0.25) is 26.0 Å². The largest absolute Gasteiger partial charge is 0.351 e. The lowest BCUT2D eigenvalue weighted by molar-refractivity contribution is -0.121. The van der Waals surface area contributed by atoms with Gasteiger partial charge in [-0.3, -0.25) is 4.79 Å². The van der Waals surface area contributed by atoms with Crippen molar-refractivity contribution in [1.82, 2.24) is 13.9 Å². The number of hydrogen-bond donors (Lipinski definition) is 1. The topological polar surface area (TPSA) is 104 Å². The molecule has 202 valence electrons. The van der Waals surface area contributed by atoms with E-state index in [1.165, 1.54) is 28.6 Å². The Morgan fingerprint density at radius 1 is 0.895 bits per heavy atom. The molecule has 0 saturated carbocycles. The van der Waals surface area contributed by atoms with Crippen LogP contribution in [0, 0.1) is 6.92 Å². The fourth-order valence-corrected chi connectivity index (χ4v) is 7.26. The second-order valence-corrected chi connectivity index (χ2v) is 13.5. The molecule has 1 amide bonds. The Bertz CT molecular complexity index is 1490. The molecule has 8 nitrogen and oxygen atoms in total. The zero-order valence-electron chi connectivity index (χ0n) is 21.0. The van der Waals surface area contributed by atoms with Crippen LogP contribution < -0.4 is 5.32 Å². The van der Waals surface area contributed by atoms with Gasteiger partial charge in [-0.15, -0.1) is 0 Å². The minimum atomic E-state index is -4.00. The number of halogens is 1. The highest BCUT2D eigenvalue weighted by molar-refractivity contribution is 7.89. The Labute approximate surface area is 229 Å². The van der Waals surface area contributed by atoms with Gasteiger partial charge < -0.3 is 5.32 Å². The highest BCUT2D eigenvalue weighted by atomic mass is 35.5. The molecule has 0 spiro atoms. The third kappa shape index (κ3) is 6.62. The normalized spacial score (nSPS) is 14.6. The van der Waals surface area contributed by atoms with E-state index in [1.54, 1.807) is 48.5 Å². The number of hydrogen-bond acceptors (Lipinski definition) is 5. The molecular formula is C27H30ClN3O5S2. The first-order valence-electron chi connectivity index (χ1n) is 12.2. The van der Waals surface area contributed by atoms with Crippen molar-refractivity contribution in [3.8, 4) is 0 Å². The molecule has 1 aliphatic heterocycles. The molecule has 1 N–H and O–H groups in total. The molecule has 4 rings (SSSR count). The Balaban J connectivity index is 1.46. The van der Waals surface area contributed by atoms with Gasteiger partial charge in [0.15, 0.2) is 0 Å². The predicted octanol–water partition coefficient (Wildman–Crippen LogP) is 3.94. The summed E-state index contributed by atoms with van der Waals surface area (Å²) >= 11 is 6.28. The SMILES string of the molecule is Cc1ccc(S(=O)(=O)N(CC(=O)NCc2ccc(S(=O)(=O)N3CCCC3)cc2)Cc2ccccc2Cl)cc1. The van der Waals surface area contributed by atoms with E-state index in [-0.39, 0.29) is 22.9 Å². The maximum Gasteiger partial charge on any atom is 0.243 e. The fraction of sp³-hybridized carbons (Fsp3) is 0.296. The Kier molecular flexibility index (Phi) is 8.89. The molecule has 0 radical (unpaired) electrons. The minimum Gasteiger partial charge on any atom is -0.351 e. The van der Waals surface area contributed by atoms with Crippen LogP contribution in [-0.4, -0.2) is 51.0 Å². The molecular weight excluding hydrogens is 546 g/mol. The molecule has 38 heavy (non-hydrogen) atoms. The summed E-state index contributed by atoms with van der Waals surface area (Å²) in [6, 6.07) is 19.7. The van der Waals surface area contributed by atoms with Gasteiger partial charge in [0.05, 0.1) is 16.3 Å². The van der Waals surface area contributed by atoms with Crippen molar-refractivity contribution in [3.63, 3.8) is 0 Å². The molecule has 11 heteroatoms. The maximum absolute atomic E-state index is 13.5. The molecule has 1 fully saturated rings. The number of amides is 1. The van der Waals surface area contributed by atoms with Gasteiger partial charge in [-0.05, 0) is 61.2 Å². The van der Waals surface area contributed by atoms with Crippen LogP contribution in [0.15, 0.2) is 82.6 Å². The Hall–Kier alpha value is -2.76. The van der Waals surface area contributed by atoms with Gasteiger partial charge in [0.25, 0.3) is 0 Å². The lowest BCUT2D eigenvalue weighted by Crippen LogP contribution is -2.40. The number of carbonyl (C=O) groups is 1. The van der Waals surface area contributed by atoms with Crippen molar-refractivity contribution in [3.05, 3.63) is 94.5 Å². The van der Waals surface area contributed by atoms with Crippen LogP contribution in [0.5, 0.6) is 0 Å². The van der Waals surface area contributed by atoms with Crippen LogP contribution in [0.25, 0.3) is 0 Å². The second-order valence-electron chi connectivity index (χ2n) is 9.21. The summed E-state index contributed by atoms with van der Waals surface area (Å²) in [6.45, 7) is 2.54. The lowest BCUT2D eigenvalue weighted by Gasteiger charge is -2.22. The molecule has 0 aromatic heterocycles. The average Bonchev–Trinajstić information content (AvgIpc) is 3.45. The van der Waals surface area contributed by atoms with Crippen LogP contribution in [0.3, 0.4) is 0 Å². The molecule has 1 aliphatic rings. The molecule has 0 aliphatic carbocycles. The summed E-state index contributed by atoms with van der Waals surface area (Å²) in [5.41, 5.74) is 2.18. The number of nitrogens with one attached hydrogen (secondary N) is 1. The smallest absolute Gasteiger partial charge is 0.243 e. The molecule has 3 aromatic rings. The van der Waals surface area contributed by atoms with E-state index < -0.39 is 32.5 Å². The van der Waals surface area contributed by atoms with Crippen molar-refractivity contribution < 1.29 is 21.6 Å². The summed E-state index contributed by atoms with van der Waals surface area (Å²) < 4.78 is 54.9. The highest BCUT2D eigenvalue weighted by Crippen LogP contribution is 2.23. The lowest BCUT2D eigenvalue weighted by atomic mass is 10.2. The number of nitrogens with zero attached hydrogens (tertiary/aromatic N) is 2.